The third-order valence-electron chi connectivity index (χ3n) is 4.37. The minimum Gasteiger partial charge on any atom is -0.335 e. The van der Waals surface area contributed by atoms with E-state index in [1.54, 1.807) is 20.8 Å². The minimum absolute atomic E-state index is 0.0128. The van der Waals surface area contributed by atoms with Crippen molar-refractivity contribution in [1.29, 1.82) is 0 Å². The number of hydrogen-bond acceptors (Lipinski definition) is 6. The highest BCUT2D eigenvalue weighted by Crippen LogP contribution is 2.27. The Morgan fingerprint density at radius 1 is 1.15 bits per heavy atom. The first kappa shape index (κ1) is 20.9. The number of aromatic nitrogens is 2. The summed E-state index contributed by atoms with van der Waals surface area (Å²) in [6, 6.07) is 0.00537. The molecule has 0 saturated heterocycles. The molecular weight excluding hydrogens is 373 g/mol. The Balaban J connectivity index is 1.77. The van der Waals surface area contributed by atoms with Gasteiger partial charge >= 0.3 is 12.2 Å². The Kier molecular flexibility index (Phi) is 6.21. The van der Waals surface area contributed by atoms with Crippen molar-refractivity contribution in [2.45, 2.75) is 69.8 Å². The average molecular weight is 398 g/mol. The third kappa shape index (κ3) is 6.11. The van der Waals surface area contributed by atoms with Gasteiger partial charge in [0.05, 0.1) is 4.75 Å². The van der Waals surface area contributed by atoms with Gasteiger partial charge in [-0.25, -0.2) is 13.1 Å². The van der Waals surface area contributed by atoms with E-state index in [1.807, 2.05) is 0 Å². The van der Waals surface area contributed by atoms with Gasteiger partial charge in [0.2, 0.25) is 10.0 Å². The standard InChI is InChI=1S/C15H25F3N4O3S/c1-14(2,3)26(23,24)19-9-10-4-6-11(7-5-10)20-13-21-12(22-25-13)8-15(16,17)18/h10-11,19H,4-9H2,1-3H3,(H,20,21,22)/t10-,11-. The summed E-state index contributed by atoms with van der Waals surface area (Å²) in [4.78, 5) is 3.70. The number of sulfonamides is 1. The van der Waals surface area contributed by atoms with E-state index in [0.717, 1.165) is 25.7 Å². The van der Waals surface area contributed by atoms with Crippen molar-refractivity contribution in [3.8, 4) is 0 Å². The van der Waals surface area contributed by atoms with Crippen LogP contribution in [0.2, 0.25) is 0 Å². The van der Waals surface area contributed by atoms with Crippen molar-refractivity contribution < 1.29 is 26.1 Å². The van der Waals surface area contributed by atoms with Crippen molar-refractivity contribution in [3.63, 3.8) is 0 Å². The van der Waals surface area contributed by atoms with Crippen molar-refractivity contribution >= 4 is 16.0 Å². The largest absolute Gasteiger partial charge is 0.396 e. The highest BCUT2D eigenvalue weighted by Gasteiger charge is 2.32. The lowest BCUT2D eigenvalue weighted by atomic mass is 9.86. The van der Waals surface area contributed by atoms with Crippen LogP contribution in [-0.4, -0.2) is 42.1 Å². The van der Waals surface area contributed by atoms with Crippen LogP contribution in [0.5, 0.6) is 0 Å². The molecule has 0 unspecified atom stereocenters. The van der Waals surface area contributed by atoms with Gasteiger partial charge in [-0.3, -0.25) is 0 Å². The summed E-state index contributed by atoms with van der Waals surface area (Å²) >= 11 is 0. The molecule has 0 bridgehead atoms. The number of nitrogens with zero attached hydrogens (tertiary/aromatic N) is 2. The van der Waals surface area contributed by atoms with Gasteiger partial charge in [-0.05, 0) is 52.4 Å². The molecule has 1 aliphatic rings. The lowest BCUT2D eigenvalue weighted by Gasteiger charge is -2.29. The number of hydrogen-bond donors (Lipinski definition) is 2. The summed E-state index contributed by atoms with van der Waals surface area (Å²) in [6.07, 6.45) is -2.50. The summed E-state index contributed by atoms with van der Waals surface area (Å²) in [5.41, 5.74) is 0. The van der Waals surface area contributed by atoms with Gasteiger partial charge in [0.15, 0.2) is 5.82 Å². The first-order chi connectivity index (χ1) is 11.9. The van der Waals surface area contributed by atoms with Crippen LogP contribution in [0.3, 0.4) is 0 Å². The second-order valence-electron chi connectivity index (χ2n) is 7.63. The van der Waals surface area contributed by atoms with Crippen molar-refractivity contribution in [2.75, 3.05) is 11.9 Å². The summed E-state index contributed by atoms with van der Waals surface area (Å²) in [7, 11) is -3.36. The van der Waals surface area contributed by atoms with Gasteiger partial charge < -0.3 is 9.84 Å². The molecule has 11 heteroatoms. The Labute approximate surface area is 151 Å². The molecule has 1 heterocycles. The van der Waals surface area contributed by atoms with Gasteiger partial charge in [0, 0.05) is 12.6 Å². The van der Waals surface area contributed by atoms with Crippen LogP contribution in [-0.2, 0) is 16.4 Å². The van der Waals surface area contributed by atoms with E-state index in [-0.39, 0.29) is 18.0 Å². The molecule has 1 aromatic rings. The lowest BCUT2D eigenvalue weighted by Crippen LogP contribution is -2.42. The van der Waals surface area contributed by atoms with Crippen LogP contribution < -0.4 is 10.0 Å². The molecule has 0 aromatic carbocycles. The fourth-order valence-corrected chi connectivity index (χ4v) is 3.58. The van der Waals surface area contributed by atoms with Crippen LogP contribution in [0.15, 0.2) is 4.52 Å². The molecule has 0 spiro atoms. The van der Waals surface area contributed by atoms with Gasteiger partial charge in [0.25, 0.3) is 0 Å². The Hall–Kier alpha value is -1.36. The maximum absolute atomic E-state index is 12.3. The van der Waals surface area contributed by atoms with Crippen LogP contribution in [0.25, 0.3) is 0 Å². The fourth-order valence-electron chi connectivity index (χ4n) is 2.69. The normalized spacial score (nSPS) is 22.4. The monoisotopic (exact) mass is 398 g/mol. The van der Waals surface area contributed by atoms with E-state index < -0.39 is 33.2 Å². The molecule has 1 fully saturated rings. The molecule has 150 valence electrons. The van der Waals surface area contributed by atoms with Crippen LogP contribution in [0.1, 0.15) is 52.3 Å². The third-order valence-corrected chi connectivity index (χ3v) is 6.53. The molecule has 1 saturated carbocycles. The van der Waals surface area contributed by atoms with E-state index in [0.29, 0.717) is 6.54 Å². The SMILES string of the molecule is CC(C)(C)S(=O)(=O)NC[C@H]1CC[C@H](Nc2nc(CC(F)(F)F)no2)CC1. The molecule has 0 amide bonds. The maximum atomic E-state index is 12.3. The van der Waals surface area contributed by atoms with Crippen molar-refractivity contribution in [2.24, 2.45) is 5.92 Å². The first-order valence-electron chi connectivity index (χ1n) is 8.51. The number of nitrogens with one attached hydrogen (secondary N) is 2. The molecule has 2 rings (SSSR count). The topological polar surface area (TPSA) is 97.1 Å². The molecule has 7 nitrogen and oxygen atoms in total. The van der Waals surface area contributed by atoms with E-state index in [9.17, 15) is 21.6 Å². The van der Waals surface area contributed by atoms with Crippen molar-refractivity contribution in [1.82, 2.24) is 14.9 Å². The van der Waals surface area contributed by atoms with E-state index in [1.165, 1.54) is 0 Å². The first-order valence-corrected chi connectivity index (χ1v) is 9.99. The van der Waals surface area contributed by atoms with Crippen LogP contribution in [0.4, 0.5) is 19.2 Å². The summed E-state index contributed by atoms with van der Waals surface area (Å²) < 4.78 is 67.6. The smallest absolute Gasteiger partial charge is 0.335 e. The molecule has 1 aromatic heterocycles. The highest BCUT2D eigenvalue weighted by molar-refractivity contribution is 7.90. The van der Waals surface area contributed by atoms with Gasteiger partial charge in [-0.15, -0.1) is 0 Å². The van der Waals surface area contributed by atoms with Gasteiger partial charge in [0.1, 0.15) is 6.42 Å². The number of rotatable bonds is 6. The van der Waals surface area contributed by atoms with Crippen molar-refractivity contribution in [3.05, 3.63) is 5.82 Å². The van der Waals surface area contributed by atoms with Gasteiger partial charge in [-0.2, -0.15) is 18.2 Å². The average Bonchev–Trinajstić information content (AvgIpc) is 2.90. The zero-order valence-corrected chi connectivity index (χ0v) is 15.9. The summed E-state index contributed by atoms with van der Waals surface area (Å²) in [6.45, 7) is 5.33. The quantitative estimate of drug-likeness (QED) is 0.765. The molecule has 0 atom stereocenters. The second-order valence-corrected chi connectivity index (χ2v) is 10.2. The number of alkyl halides is 3. The molecule has 0 aliphatic heterocycles. The zero-order chi connectivity index (χ0) is 19.6. The number of anilines is 1. The van der Waals surface area contributed by atoms with Crippen LogP contribution >= 0.6 is 0 Å². The van der Waals surface area contributed by atoms with E-state index in [2.05, 4.69) is 20.2 Å². The Morgan fingerprint density at radius 3 is 2.31 bits per heavy atom. The predicted octanol–water partition coefficient (Wildman–Crippen LogP) is 2.86. The molecule has 1 aliphatic carbocycles. The minimum atomic E-state index is -4.38. The fraction of sp³-hybridized carbons (Fsp3) is 0.867. The lowest BCUT2D eigenvalue weighted by molar-refractivity contribution is -0.128. The molecular formula is C15H25F3N4O3S. The number of halogens is 3. The van der Waals surface area contributed by atoms with Gasteiger partial charge in [-0.1, -0.05) is 5.16 Å². The van der Waals surface area contributed by atoms with E-state index >= 15 is 0 Å². The second kappa shape index (κ2) is 7.71. The van der Waals surface area contributed by atoms with Crippen LogP contribution in [0, 0.1) is 5.92 Å². The summed E-state index contributed by atoms with van der Waals surface area (Å²) in [5, 5.41) is 6.27. The Morgan fingerprint density at radius 2 is 1.77 bits per heavy atom. The zero-order valence-electron chi connectivity index (χ0n) is 15.1. The highest BCUT2D eigenvalue weighted by atomic mass is 32.2. The Bertz CT molecular complexity index is 690. The molecule has 0 radical (unpaired) electrons. The molecule has 2 N–H and O–H groups in total. The summed E-state index contributed by atoms with van der Waals surface area (Å²) in [5.74, 6) is -0.168. The molecule has 26 heavy (non-hydrogen) atoms. The van der Waals surface area contributed by atoms with E-state index in [4.69, 9.17) is 4.52 Å². The maximum Gasteiger partial charge on any atom is 0.396 e. The predicted molar refractivity (Wildman–Crippen MR) is 90.1 cm³/mol.